The standard InChI is InChI=1S/C11H14ClN3O2/c1-6(2)14-10(16)11(17)15-7-3-4-9(13)8(12)5-7/h3-6H,13H2,1-2H3,(H,14,16)(H,15,17). The number of carbonyl (C=O) groups is 2. The first-order valence-electron chi connectivity index (χ1n) is 5.07. The molecule has 0 aliphatic carbocycles. The number of benzene rings is 1. The molecule has 17 heavy (non-hydrogen) atoms. The maximum absolute atomic E-state index is 11.4. The average molecular weight is 256 g/mol. The van der Waals surface area contributed by atoms with Crippen molar-refractivity contribution in [1.82, 2.24) is 5.32 Å². The van der Waals surface area contributed by atoms with E-state index in [0.29, 0.717) is 16.4 Å². The van der Waals surface area contributed by atoms with Gasteiger partial charge in [-0.3, -0.25) is 9.59 Å². The van der Waals surface area contributed by atoms with Crippen LogP contribution in [0.25, 0.3) is 0 Å². The lowest BCUT2D eigenvalue weighted by molar-refractivity contribution is -0.136. The molecule has 6 heteroatoms. The molecule has 1 rings (SSSR count). The maximum Gasteiger partial charge on any atom is 0.313 e. The molecule has 0 unspecified atom stereocenters. The van der Waals surface area contributed by atoms with Gasteiger partial charge in [-0.25, -0.2) is 0 Å². The van der Waals surface area contributed by atoms with E-state index in [4.69, 9.17) is 17.3 Å². The molecular formula is C11H14ClN3O2. The van der Waals surface area contributed by atoms with E-state index in [1.54, 1.807) is 26.0 Å². The number of carbonyl (C=O) groups excluding carboxylic acids is 2. The van der Waals surface area contributed by atoms with Crippen LogP contribution in [0.3, 0.4) is 0 Å². The topological polar surface area (TPSA) is 84.2 Å². The lowest BCUT2D eigenvalue weighted by Crippen LogP contribution is -2.39. The molecule has 0 saturated heterocycles. The van der Waals surface area contributed by atoms with Gasteiger partial charge in [0.25, 0.3) is 0 Å². The molecule has 0 aliphatic heterocycles. The number of anilines is 2. The molecule has 4 N–H and O–H groups in total. The second kappa shape index (κ2) is 5.54. The Balaban J connectivity index is 2.68. The summed E-state index contributed by atoms with van der Waals surface area (Å²) in [5, 5.41) is 5.23. The molecule has 0 radical (unpaired) electrons. The Hall–Kier alpha value is -1.75. The van der Waals surface area contributed by atoms with E-state index in [2.05, 4.69) is 10.6 Å². The normalized spacial score (nSPS) is 10.1. The first-order chi connectivity index (χ1) is 7.90. The van der Waals surface area contributed by atoms with Crippen LogP contribution in [0.4, 0.5) is 11.4 Å². The number of amides is 2. The van der Waals surface area contributed by atoms with Crippen LogP contribution in [0, 0.1) is 0 Å². The Labute approximate surface area is 104 Å². The van der Waals surface area contributed by atoms with Crippen LogP contribution in [0.15, 0.2) is 18.2 Å². The molecule has 2 amide bonds. The van der Waals surface area contributed by atoms with Gasteiger partial charge in [-0.2, -0.15) is 0 Å². The highest BCUT2D eigenvalue weighted by Crippen LogP contribution is 2.22. The summed E-state index contributed by atoms with van der Waals surface area (Å²) in [4.78, 5) is 22.8. The number of halogens is 1. The second-order valence-corrected chi connectivity index (χ2v) is 4.23. The minimum atomic E-state index is -0.737. The van der Waals surface area contributed by atoms with E-state index < -0.39 is 11.8 Å². The van der Waals surface area contributed by atoms with E-state index in [-0.39, 0.29) is 6.04 Å². The van der Waals surface area contributed by atoms with Crippen molar-refractivity contribution >= 4 is 34.8 Å². The molecule has 0 aromatic heterocycles. The molecule has 0 fully saturated rings. The summed E-state index contributed by atoms with van der Waals surface area (Å²) < 4.78 is 0. The van der Waals surface area contributed by atoms with E-state index in [1.165, 1.54) is 6.07 Å². The lowest BCUT2D eigenvalue weighted by Gasteiger charge is -2.09. The quantitative estimate of drug-likeness (QED) is 0.551. The van der Waals surface area contributed by atoms with Crippen molar-refractivity contribution in [1.29, 1.82) is 0 Å². The van der Waals surface area contributed by atoms with Crippen LogP contribution in [-0.2, 0) is 9.59 Å². The number of nitrogens with one attached hydrogen (secondary N) is 2. The molecule has 0 atom stereocenters. The molecule has 92 valence electrons. The summed E-state index contributed by atoms with van der Waals surface area (Å²) in [6, 6.07) is 4.51. The van der Waals surface area contributed by atoms with Crippen LogP contribution in [-0.4, -0.2) is 17.9 Å². The minimum Gasteiger partial charge on any atom is -0.398 e. The first-order valence-corrected chi connectivity index (χ1v) is 5.45. The third-order valence-electron chi connectivity index (χ3n) is 1.88. The smallest absolute Gasteiger partial charge is 0.313 e. The minimum absolute atomic E-state index is 0.0942. The van der Waals surface area contributed by atoms with Crippen molar-refractivity contribution in [2.75, 3.05) is 11.1 Å². The lowest BCUT2D eigenvalue weighted by atomic mass is 10.3. The van der Waals surface area contributed by atoms with Crippen LogP contribution < -0.4 is 16.4 Å². The zero-order chi connectivity index (χ0) is 13.0. The Morgan fingerprint density at radius 2 is 1.94 bits per heavy atom. The van der Waals surface area contributed by atoms with Crippen LogP contribution >= 0.6 is 11.6 Å². The van der Waals surface area contributed by atoms with Gasteiger partial charge in [0.15, 0.2) is 0 Å². The predicted octanol–water partition coefficient (Wildman–Crippen LogP) is 1.39. The third-order valence-corrected chi connectivity index (χ3v) is 2.21. The number of hydrogen-bond acceptors (Lipinski definition) is 3. The molecule has 0 bridgehead atoms. The maximum atomic E-state index is 11.4. The Morgan fingerprint density at radius 1 is 1.29 bits per heavy atom. The number of nitrogens with two attached hydrogens (primary N) is 1. The van der Waals surface area contributed by atoms with E-state index >= 15 is 0 Å². The van der Waals surface area contributed by atoms with Crippen molar-refractivity contribution in [3.05, 3.63) is 23.2 Å². The Kier molecular flexibility index (Phi) is 4.34. The van der Waals surface area contributed by atoms with Crippen molar-refractivity contribution < 1.29 is 9.59 Å². The largest absolute Gasteiger partial charge is 0.398 e. The molecule has 0 heterocycles. The Bertz CT molecular complexity index is 446. The van der Waals surface area contributed by atoms with Crippen molar-refractivity contribution in [3.8, 4) is 0 Å². The van der Waals surface area contributed by atoms with Gasteiger partial charge in [0, 0.05) is 11.7 Å². The zero-order valence-electron chi connectivity index (χ0n) is 9.58. The average Bonchev–Trinajstić information content (AvgIpc) is 2.22. The van der Waals surface area contributed by atoms with Gasteiger partial charge < -0.3 is 16.4 Å². The molecule has 5 nitrogen and oxygen atoms in total. The second-order valence-electron chi connectivity index (χ2n) is 3.82. The summed E-state index contributed by atoms with van der Waals surface area (Å²) in [6.07, 6.45) is 0. The zero-order valence-corrected chi connectivity index (χ0v) is 10.3. The van der Waals surface area contributed by atoms with Crippen molar-refractivity contribution in [3.63, 3.8) is 0 Å². The van der Waals surface area contributed by atoms with Crippen LogP contribution in [0.5, 0.6) is 0 Å². The van der Waals surface area contributed by atoms with E-state index in [0.717, 1.165) is 0 Å². The molecule has 1 aromatic carbocycles. The van der Waals surface area contributed by atoms with Gasteiger partial charge in [0.1, 0.15) is 0 Å². The van der Waals surface area contributed by atoms with E-state index in [1.807, 2.05) is 0 Å². The SMILES string of the molecule is CC(C)NC(=O)C(=O)Nc1ccc(N)c(Cl)c1. The first kappa shape index (κ1) is 13.3. The van der Waals surface area contributed by atoms with Gasteiger partial charge in [-0.05, 0) is 32.0 Å². The molecule has 0 saturated carbocycles. The summed E-state index contributed by atoms with van der Waals surface area (Å²) in [5.41, 5.74) is 6.36. The summed E-state index contributed by atoms with van der Waals surface area (Å²) in [5.74, 6) is -1.42. The van der Waals surface area contributed by atoms with E-state index in [9.17, 15) is 9.59 Å². The third kappa shape index (κ3) is 3.96. The van der Waals surface area contributed by atoms with Crippen molar-refractivity contribution in [2.24, 2.45) is 0 Å². The summed E-state index contributed by atoms with van der Waals surface area (Å²) >= 11 is 5.78. The summed E-state index contributed by atoms with van der Waals surface area (Å²) in [6.45, 7) is 3.54. The fourth-order valence-corrected chi connectivity index (χ4v) is 1.30. The molecule has 0 spiro atoms. The highest BCUT2D eigenvalue weighted by Gasteiger charge is 2.14. The van der Waals surface area contributed by atoms with Crippen LogP contribution in [0.1, 0.15) is 13.8 Å². The van der Waals surface area contributed by atoms with Gasteiger partial charge in [-0.15, -0.1) is 0 Å². The fourth-order valence-electron chi connectivity index (χ4n) is 1.12. The molecular weight excluding hydrogens is 242 g/mol. The number of nitrogen functional groups attached to an aromatic ring is 1. The number of hydrogen-bond donors (Lipinski definition) is 3. The number of rotatable bonds is 2. The Morgan fingerprint density at radius 3 is 2.47 bits per heavy atom. The van der Waals surface area contributed by atoms with Crippen molar-refractivity contribution in [2.45, 2.75) is 19.9 Å². The van der Waals surface area contributed by atoms with Gasteiger partial charge >= 0.3 is 11.8 Å². The van der Waals surface area contributed by atoms with Crippen LogP contribution in [0.2, 0.25) is 5.02 Å². The predicted molar refractivity (Wildman–Crippen MR) is 67.8 cm³/mol. The summed E-state index contributed by atoms with van der Waals surface area (Å²) in [7, 11) is 0. The highest BCUT2D eigenvalue weighted by molar-refractivity contribution is 6.40. The monoisotopic (exact) mass is 255 g/mol. The van der Waals surface area contributed by atoms with Gasteiger partial charge in [0.2, 0.25) is 0 Å². The van der Waals surface area contributed by atoms with Gasteiger partial charge in [-0.1, -0.05) is 11.6 Å². The molecule has 1 aromatic rings. The highest BCUT2D eigenvalue weighted by atomic mass is 35.5. The fraction of sp³-hybridized carbons (Fsp3) is 0.273. The molecule has 0 aliphatic rings. The van der Waals surface area contributed by atoms with Gasteiger partial charge in [0.05, 0.1) is 10.7 Å².